The zero-order valence-corrected chi connectivity index (χ0v) is 8.26. The van der Waals surface area contributed by atoms with Gasteiger partial charge in [0.05, 0.1) is 6.10 Å². The minimum absolute atomic E-state index is 0.116. The van der Waals surface area contributed by atoms with Gasteiger partial charge in [-0.1, -0.05) is 48.9 Å². The Morgan fingerprint density at radius 1 is 1.14 bits per heavy atom. The number of benzene rings is 1. The van der Waals surface area contributed by atoms with Crippen LogP contribution in [0.5, 0.6) is 0 Å². The van der Waals surface area contributed by atoms with Crippen LogP contribution in [0, 0.1) is 5.92 Å². The summed E-state index contributed by atoms with van der Waals surface area (Å²) < 4.78 is 0. The Kier molecular flexibility index (Phi) is 3.00. The fourth-order valence-corrected chi connectivity index (χ4v) is 1.99. The van der Waals surface area contributed by atoms with Crippen molar-refractivity contribution in [2.75, 3.05) is 0 Å². The van der Waals surface area contributed by atoms with Crippen LogP contribution in [0.1, 0.15) is 24.8 Å². The molecule has 0 saturated heterocycles. The Hall–Kier alpha value is -1.08. The van der Waals surface area contributed by atoms with Gasteiger partial charge in [0, 0.05) is 5.92 Å². The first-order valence-corrected chi connectivity index (χ1v) is 5.27. The van der Waals surface area contributed by atoms with E-state index in [1.807, 2.05) is 18.2 Å². The molecule has 14 heavy (non-hydrogen) atoms. The highest BCUT2D eigenvalue weighted by Crippen LogP contribution is 2.27. The summed E-state index contributed by atoms with van der Waals surface area (Å²) in [6, 6.07) is 10.2. The van der Waals surface area contributed by atoms with Crippen LogP contribution in [-0.4, -0.2) is 11.2 Å². The molecule has 0 radical (unpaired) electrons. The van der Waals surface area contributed by atoms with E-state index >= 15 is 0 Å². The Balaban J connectivity index is 2.00. The molecule has 2 atom stereocenters. The van der Waals surface area contributed by atoms with Crippen LogP contribution in [0.3, 0.4) is 0 Å². The van der Waals surface area contributed by atoms with Crippen molar-refractivity contribution in [3.8, 4) is 0 Å². The van der Waals surface area contributed by atoms with E-state index in [0.29, 0.717) is 5.92 Å². The zero-order chi connectivity index (χ0) is 9.80. The van der Waals surface area contributed by atoms with Gasteiger partial charge in [-0.3, -0.25) is 0 Å². The van der Waals surface area contributed by atoms with E-state index < -0.39 is 0 Å². The maximum absolute atomic E-state index is 9.62. The number of rotatable bonds is 2. The predicted molar refractivity (Wildman–Crippen MR) is 58.8 cm³/mol. The minimum Gasteiger partial charge on any atom is -0.393 e. The number of aliphatic hydroxyl groups excluding tert-OH is 1. The van der Waals surface area contributed by atoms with Crippen molar-refractivity contribution < 1.29 is 5.11 Å². The maximum atomic E-state index is 9.62. The molecule has 0 amide bonds. The van der Waals surface area contributed by atoms with Gasteiger partial charge in [0.15, 0.2) is 0 Å². The van der Waals surface area contributed by atoms with Crippen molar-refractivity contribution >= 4 is 6.08 Å². The summed E-state index contributed by atoms with van der Waals surface area (Å²) in [4.78, 5) is 0. The zero-order valence-electron chi connectivity index (χ0n) is 8.26. The third kappa shape index (κ3) is 2.24. The van der Waals surface area contributed by atoms with Gasteiger partial charge in [0.25, 0.3) is 0 Å². The molecule has 0 spiro atoms. The van der Waals surface area contributed by atoms with Gasteiger partial charge >= 0.3 is 0 Å². The first-order valence-electron chi connectivity index (χ1n) is 5.27. The second-order valence-electron chi connectivity index (χ2n) is 3.93. The average molecular weight is 188 g/mol. The molecule has 74 valence electrons. The molecular formula is C13H16O. The molecule has 1 aromatic carbocycles. The molecule has 1 aromatic rings. The van der Waals surface area contributed by atoms with Crippen LogP contribution < -0.4 is 0 Å². The Morgan fingerprint density at radius 2 is 1.93 bits per heavy atom. The molecule has 1 saturated carbocycles. The number of hydrogen-bond acceptors (Lipinski definition) is 1. The third-order valence-corrected chi connectivity index (χ3v) is 2.87. The van der Waals surface area contributed by atoms with Crippen LogP contribution in [0.25, 0.3) is 6.08 Å². The average Bonchev–Trinajstić information content (AvgIpc) is 2.63. The molecule has 1 N–H and O–H groups in total. The summed E-state index contributed by atoms with van der Waals surface area (Å²) >= 11 is 0. The van der Waals surface area contributed by atoms with Crippen LogP contribution in [-0.2, 0) is 0 Å². The van der Waals surface area contributed by atoms with Crippen molar-refractivity contribution in [1.82, 2.24) is 0 Å². The largest absolute Gasteiger partial charge is 0.393 e. The highest BCUT2D eigenvalue weighted by molar-refractivity contribution is 5.49. The van der Waals surface area contributed by atoms with Crippen molar-refractivity contribution in [3.63, 3.8) is 0 Å². The van der Waals surface area contributed by atoms with E-state index in [0.717, 1.165) is 19.3 Å². The smallest absolute Gasteiger partial charge is 0.0602 e. The molecule has 1 nitrogen and oxygen atoms in total. The van der Waals surface area contributed by atoms with Crippen molar-refractivity contribution in [2.24, 2.45) is 5.92 Å². The second-order valence-corrected chi connectivity index (χ2v) is 3.93. The summed E-state index contributed by atoms with van der Waals surface area (Å²) in [7, 11) is 0. The Morgan fingerprint density at radius 3 is 2.57 bits per heavy atom. The van der Waals surface area contributed by atoms with Gasteiger partial charge in [-0.15, -0.1) is 0 Å². The van der Waals surface area contributed by atoms with E-state index in [-0.39, 0.29) is 6.10 Å². The van der Waals surface area contributed by atoms with E-state index in [4.69, 9.17) is 0 Å². The Labute approximate surface area is 85.1 Å². The molecule has 1 aliphatic carbocycles. The fraction of sp³-hybridized carbons (Fsp3) is 0.385. The van der Waals surface area contributed by atoms with Crippen molar-refractivity contribution in [1.29, 1.82) is 0 Å². The van der Waals surface area contributed by atoms with E-state index in [9.17, 15) is 5.11 Å². The number of hydrogen-bond donors (Lipinski definition) is 1. The highest BCUT2D eigenvalue weighted by Gasteiger charge is 2.22. The van der Waals surface area contributed by atoms with Gasteiger partial charge in [-0.25, -0.2) is 0 Å². The quantitative estimate of drug-likeness (QED) is 0.756. The fourth-order valence-electron chi connectivity index (χ4n) is 1.99. The standard InChI is InChI=1S/C13H16O/c14-13-8-4-7-12(13)10-9-11-5-2-1-3-6-11/h1-3,5-6,9-10,12-14H,4,7-8H2/b10-9+/t12-,13+/m0/s1. The molecule has 0 unspecified atom stereocenters. The van der Waals surface area contributed by atoms with Crippen LogP contribution in [0.15, 0.2) is 36.4 Å². The lowest BCUT2D eigenvalue weighted by Crippen LogP contribution is -2.09. The molecule has 0 heterocycles. The lowest BCUT2D eigenvalue weighted by Gasteiger charge is -2.07. The molecule has 0 aliphatic heterocycles. The first kappa shape index (κ1) is 9.47. The SMILES string of the molecule is O[C@@H]1CCC[C@H]1/C=C/c1ccccc1. The topological polar surface area (TPSA) is 20.2 Å². The normalized spacial score (nSPS) is 27.2. The first-order chi connectivity index (χ1) is 6.86. The van der Waals surface area contributed by atoms with Crippen LogP contribution in [0.4, 0.5) is 0 Å². The van der Waals surface area contributed by atoms with Gasteiger partial charge < -0.3 is 5.11 Å². The van der Waals surface area contributed by atoms with Crippen LogP contribution in [0.2, 0.25) is 0 Å². The van der Waals surface area contributed by atoms with Gasteiger partial charge in [0.1, 0.15) is 0 Å². The van der Waals surface area contributed by atoms with E-state index in [1.165, 1.54) is 5.56 Å². The van der Waals surface area contributed by atoms with E-state index in [2.05, 4.69) is 24.3 Å². The lowest BCUT2D eigenvalue weighted by atomic mass is 10.0. The lowest BCUT2D eigenvalue weighted by molar-refractivity contribution is 0.153. The van der Waals surface area contributed by atoms with Crippen molar-refractivity contribution in [3.05, 3.63) is 42.0 Å². The molecular weight excluding hydrogens is 172 g/mol. The minimum atomic E-state index is -0.116. The predicted octanol–water partition coefficient (Wildman–Crippen LogP) is 2.86. The van der Waals surface area contributed by atoms with E-state index in [1.54, 1.807) is 0 Å². The van der Waals surface area contributed by atoms with Crippen LogP contribution >= 0.6 is 0 Å². The summed E-state index contributed by atoms with van der Waals surface area (Å²) in [5.41, 5.74) is 1.21. The summed E-state index contributed by atoms with van der Waals surface area (Å²) in [6.45, 7) is 0. The molecule has 1 aliphatic rings. The monoisotopic (exact) mass is 188 g/mol. The molecule has 2 rings (SSSR count). The molecule has 1 fully saturated rings. The Bertz CT molecular complexity index is 302. The summed E-state index contributed by atoms with van der Waals surface area (Å²) in [5.74, 6) is 0.371. The second kappa shape index (κ2) is 4.43. The van der Waals surface area contributed by atoms with Gasteiger partial charge in [0.2, 0.25) is 0 Å². The van der Waals surface area contributed by atoms with Gasteiger partial charge in [-0.05, 0) is 18.4 Å². The van der Waals surface area contributed by atoms with Gasteiger partial charge in [-0.2, -0.15) is 0 Å². The summed E-state index contributed by atoms with van der Waals surface area (Å²) in [5, 5.41) is 9.62. The van der Waals surface area contributed by atoms with Crippen molar-refractivity contribution in [2.45, 2.75) is 25.4 Å². The highest BCUT2D eigenvalue weighted by atomic mass is 16.3. The third-order valence-electron chi connectivity index (χ3n) is 2.87. The molecule has 1 heteroatoms. The maximum Gasteiger partial charge on any atom is 0.0602 e. The number of aliphatic hydroxyl groups is 1. The molecule has 0 aromatic heterocycles. The molecule has 0 bridgehead atoms. The summed E-state index contributed by atoms with van der Waals surface area (Å²) in [6.07, 6.45) is 7.39.